The number of hydrogen-bond donors (Lipinski definition) is 2. The molecule has 0 fully saturated rings. The van der Waals surface area contributed by atoms with E-state index in [9.17, 15) is 10.1 Å². The minimum atomic E-state index is -0.450. The molecule has 7 nitrogen and oxygen atoms in total. The largest absolute Gasteiger partial charge is 0.484 e. The Balaban J connectivity index is 2.15. The zero-order chi connectivity index (χ0) is 14.5. The molecule has 7 heteroatoms. The molecule has 2 rings (SSSR count). The standard InChI is InChI=1S/C13H16N4O3/c1-9(2)20-12-7-10(3-4-11(12)17(18)19)16-8-13-14-5-6-15-13/h3-7,9,16H,8H2,1-2H3,(H,14,15). The van der Waals surface area contributed by atoms with Crippen LogP contribution in [0, 0.1) is 10.1 Å². The monoisotopic (exact) mass is 276 g/mol. The molecular weight excluding hydrogens is 260 g/mol. The van der Waals surface area contributed by atoms with Crippen molar-refractivity contribution in [2.75, 3.05) is 5.32 Å². The number of hydrogen-bond acceptors (Lipinski definition) is 5. The third kappa shape index (κ3) is 3.47. The fourth-order valence-corrected chi connectivity index (χ4v) is 1.70. The summed E-state index contributed by atoms with van der Waals surface area (Å²) >= 11 is 0. The molecule has 0 radical (unpaired) electrons. The minimum absolute atomic E-state index is 0.0396. The van der Waals surface area contributed by atoms with Crippen molar-refractivity contribution in [1.29, 1.82) is 0 Å². The first kappa shape index (κ1) is 13.9. The first-order valence-electron chi connectivity index (χ1n) is 6.23. The van der Waals surface area contributed by atoms with Crippen LogP contribution >= 0.6 is 0 Å². The summed E-state index contributed by atoms with van der Waals surface area (Å²) in [5, 5.41) is 14.1. The SMILES string of the molecule is CC(C)Oc1cc(NCc2ncc[nH]2)ccc1[N+](=O)[O-]. The molecule has 0 unspecified atom stereocenters. The lowest BCUT2D eigenvalue weighted by molar-refractivity contribution is -0.386. The van der Waals surface area contributed by atoms with Crippen LogP contribution in [0.5, 0.6) is 5.75 Å². The molecule has 0 atom stereocenters. The molecule has 0 bridgehead atoms. The average molecular weight is 276 g/mol. The molecule has 2 aromatic rings. The van der Waals surface area contributed by atoms with Crippen LogP contribution in [0.2, 0.25) is 0 Å². The van der Waals surface area contributed by atoms with Gasteiger partial charge in [-0.1, -0.05) is 0 Å². The van der Waals surface area contributed by atoms with E-state index in [-0.39, 0.29) is 17.5 Å². The van der Waals surface area contributed by atoms with Crippen molar-refractivity contribution < 1.29 is 9.66 Å². The van der Waals surface area contributed by atoms with Crippen LogP contribution in [0.1, 0.15) is 19.7 Å². The number of nitrogens with one attached hydrogen (secondary N) is 2. The van der Waals surface area contributed by atoms with Crippen molar-refractivity contribution in [3.63, 3.8) is 0 Å². The van der Waals surface area contributed by atoms with E-state index in [1.165, 1.54) is 6.07 Å². The Bertz CT molecular complexity index is 581. The van der Waals surface area contributed by atoms with Gasteiger partial charge in [-0.15, -0.1) is 0 Å². The molecule has 0 saturated heterocycles. The summed E-state index contributed by atoms with van der Waals surface area (Å²) in [5.41, 5.74) is 0.699. The number of ether oxygens (including phenoxy) is 1. The number of benzene rings is 1. The predicted molar refractivity (Wildman–Crippen MR) is 74.8 cm³/mol. The van der Waals surface area contributed by atoms with E-state index in [4.69, 9.17) is 4.74 Å². The normalized spacial score (nSPS) is 10.6. The van der Waals surface area contributed by atoms with Crippen LogP contribution in [0.25, 0.3) is 0 Å². The topological polar surface area (TPSA) is 93.1 Å². The number of nitrogens with zero attached hydrogens (tertiary/aromatic N) is 2. The van der Waals surface area contributed by atoms with Crippen molar-refractivity contribution >= 4 is 11.4 Å². The van der Waals surface area contributed by atoms with Gasteiger partial charge in [0.15, 0.2) is 5.75 Å². The second-order valence-corrected chi connectivity index (χ2v) is 4.50. The van der Waals surface area contributed by atoms with Crippen molar-refractivity contribution in [3.05, 3.63) is 46.5 Å². The van der Waals surface area contributed by atoms with Crippen LogP contribution in [0.4, 0.5) is 11.4 Å². The molecule has 1 aromatic carbocycles. The molecule has 0 saturated carbocycles. The first-order valence-corrected chi connectivity index (χ1v) is 6.23. The number of aromatic nitrogens is 2. The molecule has 20 heavy (non-hydrogen) atoms. The van der Waals surface area contributed by atoms with Gasteiger partial charge in [0.2, 0.25) is 0 Å². The van der Waals surface area contributed by atoms with Crippen molar-refractivity contribution in [2.45, 2.75) is 26.5 Å². The second kappa shape index (κ2) is 6.05. The molecule has 1 aromatic heterocycles. The third-order valence-electron chi connectivity index (χ3n) is 2.53. The van der Waals surface area contributed by atoms with Crippen molar-refractivity contribution in [1.82, 2.24) is 9.97 Å². The summed E-state index contributed by atoms with van der Waals surface area (Å²) in [5.74, 6) is 1.05. The maximum atomic E-state index is 10.9. The summed E-state index contributed by atoms with van der Waals surface area (Å²) in [7, 11) is 0. The van der Waals surface area contributed by atoms with Crippen LogP contribution in [-0.4, -0.2) is 21.0 Å². The van der Waals surface area contributed by atoms with Gasteiger partial charge in [0.05, 0.1) is 17.6 Å². The van der Waals surface area contributed by atoms with E-state index in [1.807, 2.05) is 13.8 Å². The quantitative estimate of drug-likeness (QED) is 0.625. The maximum Gasteiger partial charge on any atom is 0.311 e. The lowest BCUT2D eigenvalue weighted by atomic mass is 10.2. The average Bonchev–Trinajstić information content (AvgIpc) is 2.88. The Morgan fingerprint density at radius 3 is 2.90 bits per heavy atom. The van der Waals surface area contributed by atoms with Gasteiger partial charge in [0.25, 0.3) is 0 Å². The van der Waals surface area contributed by atoms with Gasteiger partial charge in [0.1, 0.15) is 5.82 Å². The van der Waals surface area contributed by atoms with E-state index < -0.39 is 4.92 Å². The van der Waals surface area contributed by atoms with E-state index in [1.54, 1.807) is 24.5 Å². The van der Waals surface area contributed by atoms with Gasteiger partial charge in [0, 0.05) is 30.2 Å². The smallest absolute Gasteiger partial charge is 0.311 e. The first-order chi connectivity index (χ1) is 9.56. The molecule has 0 aliphatic heterocycles. The highest BCUT2D eigenvalue weighted by Crippen LogP contribution is 2.31. The van der Waals surface area contributed by atoms with Gasteiger partial charge in [-0.25, -0.2) is 4.98 Å². The van der Waals surface area contributed by atoms with Crippen LogP contribution in [0.15, 0.2) is 30.6 Å². The molecular formula is C13H16N4O3. The van der Waals surface area contributed by atoms with Crippen molar-refractivity contribution in [2.24, 2.45) is 0 Å². The van der Waals surface area contributed by atoms with E-state index in [2.05, 4.69) is 15.3 Å². The predicted octanol–water partition coefficient (Wildman–Crippen LogP) is 2.72. The number of aromatic amines is 1. The van der Waals surface area contributed by atoms with Gasteiger partial charge in [-0.2, -0.15) is 0 Å². The lowest BCUT2D eigenvalue weighted by Gasteiger charge is -2.12. The zero-order valence-corrected chi connectivity index (χ0v) is 11.3. The molecule has 0 aliphatic carbocycles. The summed E-state index contributed by atoms with van der Waals surface area (Å²) in [6.07, 6.45) is 3.27. The molecule has 106 valence electrons. The highest BCUT2D eigenvalue weighted by molar-refractivity contribution is 5.58. The van der Waals surface area contributed by atoms with E-state index in [0.717, 1.165) is 11.5 Å². The summed E-state index contributed by atoms with van der Waals surface area (Å²) < 4.78 is 5.48. The lowest BCUT2D eigenvalue weighted by Crippen LogP contribution is -2.08. The number of anilines is 1. The van der Waals surface area contributed by atoms with E-state index in [0.29, 0.717) is 6.54 Å². The zero-order valence-electron chi connectivity index (χ0n) is 11.3. The fraction of sp³-hybridized carbons (Fsp3) is 0.308. The number of imidazole rings is 1. The fourth-order valence-electron chi connectivity index (χ4n) is 1.70. The molecule has 0 aliphatic rings. The molecule has 0 spiro atoms. The van der Waals surface area contributed by atoms with Gasteiger partial charge in [-0.05, 0) is 19.9 Å². The van der Waals surface area contributed by atoms with Gasteiger partial charge in [-0.3, -0.25) is 10.1 Å². The van der Waals surface area contributed by atoms with Crippen LogP contribution < -0.4 is 10.1 Å². The Morgan fingerprint density at radius 1 is 1.50 bits per heavy atom. The van der Waals surface area contributed by atoms with Gasteiger partial charge >= 0.3 is 5.69 Å². The Morgan fingerprint density at radius 2 is 2.30 bits per heavy atom. The number of nitro benzene ring substituents is 1. The molecule has 0 amide bonds. The van der Waals surface area contributed by atoms with Gasteiger partial charge < -0.3 is 15.0 Å². The summed E-state index contributed by atoms with van der Waals surface area (Å²) in [6.45, 7) is 4.16. The Hall–Kier alpha value is -2.57. The Kier molecular flexibility index (Phi) is 4.19. The summed E-state index contributed by atoms with van der Waals surface area (Å²) in [6, 6.07) is 4.71. The van der Waals surface area contributed by atoms with Crippen molar-refractivity contribution in [3.8, 4) is 5.75 Å². The van der Waals surface area contributed by atoms with Crippen LogP contribution in [-0.2, 0) is 6.54 Å². The highest BCUT2D eigenvalue weighted by atomic mass is 16.6. The molecule has 1 heterocycles. The second-order valence-electron chi connectivity index (χ2n) is 4.50. The number of nitro groups is 1. The Labute approximate surface area is 116 Å². The third-order valence-corrected chi connectivity index (χ3v) is 2.53. The highest BCUT2D eigenvalue weighted by Gasteiger charge is 2.16. The number of rotatable bonds is 6. The molecule has 2 N–H and O–H groups in total. The number of H-pyrrole nitrogens is 1. The minimum Gasteiger partial charge on any atom is -0.484 e. The maximum absolute atomic E-state index is 10.9. The summed E-state index contributed by atoms with van der Waals surface area (Å²) in [4.78, 5) is 17.6. The van der Waals surface area contributed by atoms with E-state index >= 15 is 0 Å². The van der Waals surface area contributed by atoms with Crippen LogP contribution in [0.3, 0.4) is 0 Å².